The largest absolute Gasteiger partial charge is 0.494 e. The van der Waals surface area contributed by atoms with Gasteiger partial charge in [0.2, 0.25) is 10.0 Å². The first-order valence-electron chi connectivity index (χ1n) is 16.7. The number of aryl methyl sites for hydroxylation is 1. The van der Waals surface area contributed by atoms with Gasteiger partial charge in [0.1, 0.15) is 28.3 Å². The van der Waals surface area contributed by atoms with Gasteiger partial charge < -0.3 is 28.8 Å². The molecule has 13 nitrogen and oxygen atoms in total. The summed E-state index contributed by atoms with van der Waals surface area (Å²) in [6, 6.07) is 7.77. The third-order valence-corrected chi connectivity index (χ3v) is 10.8. The number of hydrogen-bond acceptors (Lipinski definition) is 8. The zero-order chi connectivity index (χ0) is 35.9. The lowest BCUT2D eigenvalue weighted by molar-refractivity contribution is 0.0484. The lowest BCUT2D eigenvalue weighted by Crippen LogP contribution is -2.46. The van der Waals surface area contributed by atoms with Gasteiger partial charge in [-0.3, -0.25) is 4.79 Å². The van der Waals surface area contributed by atoms with Gasteiger partial charge in [0.05, 0.1) is 36.7 Å². The Morgan fingerprint density at radius 2 is 1.84 bits per heavy atom. The number of carbonyl (C=O) groups excluding carboxylic acids is 2. The predicted molar refractivity (Wildman–Crippen MR) is 183 cm³/mol. The van der Waals surface area contributed by atoms with Crippen LogP contribution in [0.4, 0.5) is 19.4 Å². The normalized spacial score (nSPS) is 20.7. The molecule has 2 bridgehead atoms. The Morgan fingerprint density at radius 3 is 2.48 bits per heavy atom. The summed E-state index contributed by atoms with van der Waals surface area (Å²) in [6.45, 7) is 2.67. The lowest BCUT2D eigenvalue weighted by Gasteiger charge is -2.27. The predicted octanol–water partition coefficient (Wildman–Crippen LogP) is 5.27. The van der Waals surface area contributed by atoms with E-state index >= 15 is 0 Å². The van der Waals surface area contributed by atoms with Crippen molar-refractivity contribution in [3.8, 4) is 17.3 Å². The number of nitrogens with one attached hydrogen (secondary N) is 1. The molecule has 3 aliphatic rings. The number of carbonyl (C=O) groups is 2. The summed E-state index contributed by atoms with van der Waals surface area (Å²) in [4.78, 5) is 37.9. The number of aromatic nitrogens is 4. The van der Waals surface area contributed by atoms with Crippen LogP contribution < -0.4 is 14.4 Å². The van der Waals surface area contributed by atoms with Crippen molar-refractivity contribution in [2.24, 2.45) is 13.0 Å². The van der Waals surface area contributed by atoms with Gasteiger partial charge in [-0.1, -0.05) is 0 Å². The highest BCUT2D eigenvalue weighted by Gasteiger charge is 2.49. The number of anilines is 1. The molecule has 268 valence electrons. The Hall–Kier alpha value is -4.47. The topological polar surface area (TPSA) is 141 Å². The maximum absolute atomic E-state index is 14.1. The highest BCUT2D eigenvalue weighted by Crippen LogP contribution is 2.41. The van der Waals surface area contributed by atoms with Crippen LogP contribution in [-0.2, 0) is 28.4 Å². The molecule has 2 saturated heterocycles. The van der Waals surface area contributed by atoms with Crippen molar-refractivity contribution in [3.05, 3.63) is 35.9 Å². The minimum Gasteiger partial charge on any atom is -0.494 e. The van der Waals surface area contributed by atoms with E-state index in [1.165, 1.54) is 13.2 Å². The Morgan fingerprint density at radius 1 is 1.10 bits per heavy atom. The summed E-state index contributed by atoms with van der Waals surface area (Å²) in [5.74, 6) is 0.806. The molecule has 0 unspecified atom stereocenters. The molecule has 0 spiro atoms. The Bertz CT molecular complexity index is 2120. The molecule has 50 heavy (non-hydrogen) atoms. The molecular weight excluding hydrogens is 672 g/mol. The summed E-state index contributed by atoms with van der Waals surface area (Å²) < 4.78 is 67.3. The zero-order valence-corrected chi connectivity index (χ0v) is 29.6. The van der Waals surface area contributed by atoms with Crippen molar-refractivity contribution in [2.75, 3.05) is 17.7 Å². The molecule has 1 saturated carbocycles. The smallest absolute Gasteiger partial charge is 0.407 e. The quantitative estimate of drug-likeness (QED) is 0.232. The fourth-order valence-electron chi connectivity index (χ4n) is 7.47. The van der Waals surface area contributed by atoms with Gasteiger partial charge in [-0.25, -0.2) is 23.2 Å². The number of amides is 2. The third-order valence-electron chi connectivity index (χ3n) is 9.73. The number of fused-ring (bicyclic) bond motifs is 4. The Labute approximate surface area is 288 Å². The molecule has 2 aliphatic heterocycles. The van der Waals surface area contributed by atoms with E-state index in [2.05, 4.69) is 10.3 Å². The summed E-state index contributed by atoms with van der Waals surface area (Å²) >= 11 is 0. The minimum absolute atomic E-state index is 0.0153. The second-order valence-electron chi connectivity index (χ2n) is 14.5. The second-order valence-corrected chi connectivity index (χ2v) is 16.4. The summed E-state index contributed by atoms with van der Waals surface area (Å²) in [7, 11) is -0.930. The van der Waals surface area contributed by atoms with Crippen LogP contribution in [0.1, 0.15) is 63.2 Å². The number of ether oxygens (including phenoxy) is 2. The molecule has 1 aliphatic carbocycles. The van der Waals surface area contributed by atoms with Crippen LogP contribution in [0.3, 0.4) is 0 Å². The van der Waals surface area contributed by atoms with Crippen LogP contribution in [-0.4, -0.2) is 88.1 Å². The highest BCUT2D eigenvalue weighted by atomic mass is 32.2. The van der Waals surface area contributed by atoms with Crippen LogP contribution in [0, 0.1) is 5.92 Å². The van der Waals surface area contributed by atoms with E-state index in [9.17, 15) is 26.8 Å². The third kappa shape index (κ3) is 6.11. The first kappa shape index (κ1) is 34.0. The highest BCUT2D eigenvalue weighted by molar-refractivity contribution is 7.92. The van der Waals surface area contributed by atoms with Gasteiger partial charge in [0, 0.05) is 30.6 Å². The number of alkyl carbamates (subject to hydrolysis) is 1. The lowest BCUT2D eigenvalue weighted by atomic mass is 9.96. The first-order valence-corrected chi connectivity index (χ1v) is 18.5. The maximum atomic E-state index is 14.1. The number of pyridine rings is 1. The van der Waals surface area contributed by atoms with Gasteiger partial charge >= 0.3 is 12.6 Å². The van der Waals surface area contributed by atoms with Crippen molar-refractivity contribution in [2.45, 2.75) is 89.7 Å². The average molecular weight is 714 g/mol. The van der Waals surface area contributed by atoms with Crippen molar-refractivity contribution in [1.82, 2.24) is 29.3 Å². The van der Waals surface area contributed by atoms with Crippen molar-refractivity contribution in [3.63, 3.8) is 0 Å². The van der Waals surface area contributed by atoms with E-state index in [1.54, 1.807) is 39.0 Å². The van der Waals surface area contributed by atoms with Gasteiger partial charge in [-0.15, -0.1) is 0 Å². The van der Waals surface area contributed by atoms with Crippen LogP contribution in [0.15, 0.2) is 30.3 Å². The van der Waals surface area contributed by atoms with Crippen molar-refractivity contribution < 1.29 is 36.3 Å². The summed E-state index contributed by atoms with van der Waals surface area (Å²) in [5, 5.41) is 3.61. The molecule has 3 aromatic heterocycles. The molecule has 1 aromatic carbocycles. The molecule has 1 N–H and O–H groups in total. The number of methoxy groups -OCH3 is 1. The fraction of sp³-hybridized carbons (Fsp3) is 0.529. The number of alkyl halides is 2. The van der Waals surface area contributed by atoms with Crippen LogP contribution >= 0.6 is 0 Å². The van der Waals surface area contributed by atoms with E-state index in [0.29, 0.717) is 63.8 Å². The van der Waals surface area contributed by atoms with E-state index in [1.807, 2.05) is 27.1 Å². The van der Waals surface area contributed by atoms with E-state index in [0.717, 1.165) is 31.9 Å². The monoisotopic (exact) mass is 713 g/mol. The van der Waals surface area contributed by atoms with Gasteiger partial charge in [0.15, 0.2) is 5.82 Å². The Balaban J connectivity index is 1.26. The van der Waals surface area contributed by atoms with Crippen LogP contribution in [0.2, 0.25) is 0 Å². The van der Waals surface area contributed by atoms with Crippen molar-refractivity contribution in [1.29, 1.82) is 0 Å². The van der Waals surface area contributed by atoms with Crippen LogP contribution in [0.5, 0.6) is 5.75 Å². The summed E-state index contributed by atoms with van der Waals surface area (Å²) in [6.07, 6.45) is 4.47. The number of hydrogen-bond donors (Lipinski definition) is 1. The van der Waals surface area contributed by atoms with E-state index in [-0.39, 0.29) is 34.2 Å². The van der Waals surface area contributed by atoms with Gasteiger partial charge in [-0.05, 0) is 89.1 Å². The molecular formula is C34H41F2N7O6S. The zero-order valence-electron chi connectivity index (χ0n) is 28.8. The number of sulfonamides is 1. The van der Waals surface area contributed by atoms with Gasteiger partial charge in [-0.2, -0.15) is 13.1 Å². The number of nitrogens with zero attached hydrogens (tertiary/aromatic N) is 6. The minimum atomic E-state index is -4.30. The number of halogens is 2. The number of imidazole rings is 1. The second kappa shape index (κ2) is 12.1. The average Bonchev–Trinajstić information content (AvgIpc) is 3.33. The van der Waals surface area contributed by atoms with Crippen molar-refractivity contribution >= 4 is 49.9 Å². The summed E-state index contributed by atoms with van der Waals surface area (Å²) in [5.41, 5.74) is 1.99. The molecule has 0 radical (unpaired) electrons. The molecule has 7 rings (SSSR count). The van der Waals surface area contributed by atoms with Gasteiger partial charge in [0.25, 0.3) is 5.91 Å². The molecule has 3 atom stereocenters. The first-order chi connectivity index (χ1) is 23.5. The molecule has 2 amide bonds. The van der Waals surface area contributed by atoms with E-state index < -0.39 is 28.3 Å². The standard InChI is InChI=1S/C34H41F2N7O6S/c1-34(2,3)49-33(45)38-22-16-21-10-11-24(22)42(21)31(44)20-13-23-28(26(15-20)48-5)40(4)30(37-23)25-14-19-9-12-27(43(32(35)36)50(6,46)47)39-29(19)41(25)17-18-7-8-18/h9,12-15,18,21-22,24,32H,7-8,10-11,16-17H2,1-6H3,(H,38,45)/t21-,22+,24+/m0/s1. The molecule has 5 heterocycles. The molecule has 3 fully saturated rings. The Kier molecular flexibility index (Phi) is 8.22. The van der Waals surface area contributed by atoms with Crippen LogP contribution in [0.25, 0.3) is 33.6 Å². The fourth-order valence-corrected chi connectivity index (χ4v) is 8.20. The van der Waals surface area contributed by atoms with E-state index in [4.69, 9.17) is 14.5 Å². The SMILES string of the molecule is COc1cc(C(=O)N2[C@H]3CC[C@@H]2[C@H](NC(=O)OC(C)(C)C)C3)cc2nc(-c3cc4ccc(N(C(F)F)S(C)(=O)=O)nc4n3CC3CC3)n(C)c12. The molecule has 16 heteroatoms. The number of rotatable bonds is 9. The molecule has 4 aromatic rings. The maximum Gasteiger partial charge on any atom is 0.407 e. The number of benzene rings is 1.